The summed E-state index contributed by atoms with van der Waals surface area (Å²) in [6.45, 7) is 3.56. The molecule has 0 saturated carbocycles. The van der Waals surface area contributed by atoms with Crippen LogP contribution in [0.1, 0.15) is 18.2 Å². The molecular weight excluding hydrogens is 326 g/mol. The summed E-state index contributed by atoms with van der Waals surface area (Å²) in [6.07, 6.45) is 4.63. The molecule has 0 radical (unpaired) electrons. The van der Waals surface area contributed by atoms with Gasteiger partial charge in [-0.2, -0.15) is 5.10 Å². The third-order valence-corrected chi connectivity index (χ3v) is 5.43. The van der Waals surface area contributed by atoms with E-state index in [1.807, 2.05) is 6.92 Å². The van der Waals surface area contributed by atoms with Gasteiger partial charge in [-0.15, -0.1) is 0 Å². The van der Waals surface area contributed by atoms with E-state index in [0.717, 1.165) is 11.3 Å². The molecule has 1 amide bonds. The second-order valence-corrected chi connectivity index (χ2v) is 7.75. The van der Waals surface area contributed by atoms with Crippen molar-refractivity contribution >= 4 is 21.8 Å². The number of hydrogen-bond donors (Lipinski definition) is 1. The number of sulfone groups is 1. The van der Waals surface area contributed by atoms with Gasteiger partial charge >= 0.3 is 0 Å². The Bertz CT molecular complexity index is 836. The quantitative estimate of drug-likeness (QED) is 0.807. The molecule has 1 atom stereocenters. The van der Waals surface area contributed by atoms with Crippen LogP contribution in [0.15, 0.2) is 47.5 Å². The highest BCUT2D eigenvalue weighted by Gasteiger charge is 2.19. The number of carbonyl (C=O) groups is 1. The highest BCUT2D eigenvalue weighted by molar-refractivity contribution is 7.91. The predicted octanol–water partition coefficient (Wildman–Crippen LogP) is 1.72. The van der Waals surface area contributed by atoms with Crippen LogP contribution in [0.2, 0.25) is 0 Å². The van der Waals surface area contributed by atoms with Crippen molar-refractivity contribution in [2.45, 2.75) is 24.8 Å². The second kappa shape index (κ2) is 7.44. The molecule has 24 heavy (non-hydrogen) atoms. The molecule has 0 bridgehead atoms. The topological polar surface area (TPSA) is 81.1 Å². The van der Waals surface area contributed by atoms with Crippen LogP contribution in [0.5, 0.6) is 0 Å². The Balaban J connectivity index is 1.95. The summed E-state index contributed by atoms with van der Waals surface area (Å²) in [5.74, 6) is -0.496. The van der Waals surface area contributed by atoms with Crippen LogP contribution < -0.4 is 5.32 Å². The van der Waals surface area contributed by atoms with Gasteiger partial charge in [-0.05, 0) is 38.1 Å². The van der Waals surface area contributed by atoms with Gasteiger partial charge < -0.3 is 5.32 Å². The van der Waals surface area contributed by atoms with Gasteiger partial charge in [-0.1, -0.05) is 17.7 Å². The summed E-state index contributed by atoms with van der Waals surface area (Å²) >= 11 is 0. The van der Waals surface area contributed by atoms with Crippen LogP contribution in [-0.2, 0) is 21.7 Å². The van der Waals surface area contributed by atoms with Crippen molar-refractivity contribution in [3.8, 4) is 0 Å². The van der Waals surface area contributed by atoms with Crippen molar-refractivity contribution in [3.63, 3.8) is 0 Å². The fourth-order valence-corrected chi connectivity index (χ4v) is 3.70. The lowest BCUT2D eigenvalue weighted by Gasteiger charge is -2.13. The molecule has 0 fully saturated rings. The molecule has 1 N–H and O–H groups in total. The molecule has 0 spiro atoms. The first-order valence-electron chi connectivity index (χ1n) is 7.54. The van der Waals surface area contributed by atoms with Gasteiger partial charge in [-0.3, -0.25) is 9.48 Å². The van der Waals surface area contributed by atoms with Crippen molar-refractivity contribution in [3.05, 3.63) is 53.9 Å². The van der Waals surface area contributed by atoms with E-state index in [0.29, 0.717) is 0 Å². The molecule has 0 saturated heterocycles. The number of benzene rings is 1. The molecule has 0 aliphatic heterocycles. The van der Waals surface area contributed by atoms with Crippen molar-refractivity contribution in [1.29, 1.82) is 0 Å². The lowest BCUT2D eigenvalue weighted by molar-refractivity contribution is -0.116. The molecule has 2 aromatic rings. The van der Waals surface area contributed by atoms with E-state index in [2.05, 4.69) is 10.4 Å². The highest BCUT2D eigenvalue weighted by atomic mass is 32.2. The molecule has 128 valence electrons. The van der Waals surface area contributed by atoms with Crippen molar-refractivity contribution in [2.24, 2.45) is 7.05 Å². The maximum Gasteiger partial charge on any atom is 0.244 e. The molecule has 6 nitrogen and oxygen atoms in total. The van der Waals surface area contributed by atoms with Gasteiger partial charge in [0.15, 0.2) is 9.84 Å². The predicted molar refractivity (Wildman–Crippen MR) is 93.1 cm³/mol. The highest BCUT2D eigenvalue weighted by Crippen LogP contribution is 2.13. The molecular formula is C17H21N3O3S. The fourth-order valence-electron chi connectivity index (χ4n) is 2.21. The Morgan fingerprint density at radius 1 is 1.29 bits per heavy atom. The molecule has 1 aromatic heterocycles. The first-order chi connectivity index (χ1) is 11.3. The van der Waals surface area contributed by atoms with E-state index in [1.54, 1.807) is 61.3 Å². The van der Waals surface area contributed by atoms with Gasteiger partial charge in [-0.25, -0.2) is 8.42 Å². The van der Waals surface area contributed by atoms with E-state index >= 15 is 0 Å². The third kappa shape index (κ3) is 4.79. The van der Waals surface area contributed by atoms with E-state index < -0.39 is 15.9 Å². The summed E-state index contributed by atoms with van der Waals surface area (Å²) in [5.41, 5.74) is 1.78. The van der Waals surface area contributed by atoms with E-state index in [-0.39, 0.29) is 16.6 Å². The van der Waals surface area contributed by atoms with Gasteiger partial charge in [0.05, 0.1) is 16.3 Å². The minimum Gasteiger partial charge on any atom is -0.349 e. The standard InChI is InChI=1S/C17H21N3O3S/c1-13-4-7-16(8-5-13)24(22,23)12-14(2)19-17(21)9-6-15-10-11-18-20(15)3/h4-11,14H,12H2,1-3H3,(H,19,21)/b9-6+/t14-/m0/s1. The smallest absolute Gasteiger partial charge is 0.244 e. The number of rotatable bonds is 6. The monoisotopic (exact) mass is 347 g/mol. The Morgan fingerprint density at radius 2 is 1.96 bits per heavy atom. The minimum absolute atomic E-state index is 0.151. The zero-order chi connectivity index (χ0) is 17.7. The Hall–Kier alpha value is -2.41. The number of hydrogen-bond acceptors (Lipinski definition) is 4. The summed E-state index contributed by atoms with van der Waals surface area (Å²) in [4.78, 5) is 12.2. The number of amides is 1. The summed E-state index contributed by atoms with van der Waals surface area (Å²) in [7, 11) is -1.67. The first-order valence-corrected chi connectivity index (χ1v) is 9.19. The summed E-state index contributed by atoms with van der Waals surface area (Å²) < 4.78 is 26.3. The van der Waals surface area contributed by atoms with Crippen LogP contribution in [0.3, 0.4) is 0 Å². The number of nitrogens with zero attached hydrogens (tertiary/aromatic N) is 2. The second-order valence-electron chi connectivity index (χ2n) is 5.72. The van der Waals surface area contributed by atoms with Crippen molar-refractivity contribution in [2.75, 3.05) is 5.75 Å². The Morgan fingerprint density at radius 3 is 2.54 bits per heavy atom. The van der Waals surface area contributed by atoms with Gasteiger partial charge in [0.25, 0.3) is 0 Å². The number of aryl methyl sites for hydroxylation is 2. The Kier molecular flexibility index (Phi) is 5.56. The van der Waals surface area contributed by atoms with E-state index in [9.17, 15) is 13.2 Å². The maximum absolute atomic E-state index is 12.3. The largest absolute Gasteiger partial charge is 0.349 e. The lowest BCUT2D eigenvalue weighted by atomic mass is 10.2. The molecule has 7 heteroatoms. The van der Waals surface area contributed by atoms with Crippen LogP contribution in [0.25, 0.3) is 6.08 Å². The maximum atomic E-state index is 12.3. The van der Waals surface area contributed by atoms with E-state index in [1.165, 1.54) is 6.08 Å². The molecule has 1 aromatic carbocycles. The number of aromatic nitrogens is 2. The normalized spacial score (nSPS) is 13.1. The molecule has 1 heterocycles. The molecule has 0 aliphatic rings. The number of nitrogens with one attached hydrogen (secondary N) is 1. The summed E-state index contributed by atoms with van der Waals surface area (Å²) in [5, 5.41) is 6.66. The molecule has 0 aliphatic carbocycles. The van der Waals surface area contributed by atoms with Crippen molar-refractivity contribution in [1.82, 2.24) is 15.1 Å². The number of carbonyl (C=O) groups excluding carboxylic acids is 1. The van der Waals surface area contributed by atoms with Crippen LogP contribution in [0, 0.1) is 6.92 Å². The fraction of sp³-hybridized carbons (Fsp3) is 0.294. The van der Waals surface area contributed by atoms with Crippen molar-refractivity contribution < 1.29 is 13.2 Å². The van der Waals surface area contributed by atoms with E-state index in [4.69, 9.17) is 0 Å². The average Bonchev–Trinajstić information content (AvgIpc) is 2.90. The molecule has 0 unspecified atom stereocenters. The van der Waals surface area contributed by atoms with Gasteiger partial charge in [0, 0.05) is 25.4 Å². The zero-order valence-corrected chi connectivity index (χ0v) is 14.7. The summed E-state index contributed by atoms with van der Waals surface area (Å²) in [6, 6.07) is 7.96. The van der Waals surface area contributed by atoms with Gasteiger partial charge in [0.2, 0.25) is 5.91 Å². The van der Waals surface area contributed by atoms with Gasteiger partial charge in [0.1, 0.15) is 0 Å². The first kappa shape index (κ1) is 17.9. The van der Waals surface area contributed by atoms with Crippen LogP contribution in [-0.4, -0.2) is 35.9 Å². The Labute approximate surface area is 142 Å². The van der Waals surface area contributed by atoms with Crippen LogP contribution >= 0.6 is 0 Å². The molecule has 2 rings (SSSR count). The third-order valence-electron chi connectivity index (χ3n) is 3.50. The lowest BCUT2D eigenvalue weighted by Crippen LogP contribution is -2.36. The van der Waals surface area contributed by atoms with Crippen LogP contribution in [0.4, 0.5) is 0 Å². The zero-order valence-electron chi connectivity index (χ0n) is 13.9. The SMILES string of the molecule is Cc1ccc(S(=O)(=O)C[C@H](C)NC(=O)/C=C/c2ccnn2C)cc1. The average molecular weight is 347 g/mol. The minimum atomic E-state index is -3.44.